The van der Waals surface area contributed by atoms with Crippen molar-refractivity contribution in [2.24, 2.45) is 0 Å². The second kappa shape index (κ2) is 8.01. The van der Waals surface area contributed by atoms with Crippen molar-refractivity contribution in [2.45, 2.75) is 25.2 Å². The van der Waals surface area contributed by atoms with Crippen molar-refractivity contribution in [2.75, 3.05) is 37.1 Å². The number of thioether (sulfide) groups is 5. The van der Waals surface area contributed by atoms with Gasteiger partial charge >= 0.3 is 0 Å². The fraction of sp³-hybridized carbons (Fsp3) is 0.533. The monoisotopic (exact) mass is 389 g/mol. The van der Waals surface area contributed by atoms with Gasteiger partial charge in [-0.05, 0) is 30.0 Å². The molecule has 2 saturated heterocycles. The van der Waals surface area contributed by atoms with E-state index in [-0.39, 0.29) is 5.24 Å². The van der Waals surface area contributed by atoms with Crippen LogP contribution in [-0.4, -0.2) is 57.7 Å². The molecule has 120 valence electrons. The Hall–Kier alpha value is 0.440. The van der Waals surface area contributed by atoms with E-state index in [2.05, 4.69) is 18.2 Å². The SMILES string of the molecule is CN(C)C(=O)Sc1cc(SCC2CS2)cc(SCC2CS2)c1. The molecule has 2 unspecified atom stereocenters. The molecule has 2 atom stereocenters. The molecule has 3 rings (SSSR count). The summed E-state index contributed by atoms with van der Waals surface area (Å²) in [5.41, 5.74) is 0. The second-order valence-electron chi connectivity index (χ2n) is 5.44. The highest BCUT2D eigenvalue weighted by Gasteiger charge is 2.23. The van der Waals surface area contributed by atoms with Gasteiger partial charge in [0, 0.05) is 62.3 Å². The molecule has 1 aromatic rings. The first-order valence-corrected chi connectivity index (χ1v) is 12.0. The van der Waals surface area contributed by atoms with Gasteiger partial charge in [-0.3, -0.25) is 4.79 Å². The van der Waals surface area contributed by atoms with Crippen LogP contribution in [0.1, 0.15) is 0 Å². The van der Waals surface area contributed by atoms with Gasteiger partial charge in [0.05, 0.1) is 0 Å². The fourth-order valence-electron chi connectivity index (χ4n) is 1.67. The summed E-state index contributed by atoms with van der Waals surface area (Å²) in [4.78, 5) is 17.3. The van der Waals surface area contributed by atoms with Crippen molar-refractivity contribution in [1.29, 1.82) is 0 Å². The molecule has 1 aromatic carbocycles. The topological polar surface area (TPSA) is 20.3 Å². The van der Waals surface area contributed by atoms with Crippen LogP contribution in [0, 0.1) is 0 Å². The molecule has 0 N–H and O–H groups in total. The Morgan fingerprint density at radius 2 is 1.50 bits per heavy atom. The third kappa shape index (κ3) is 5.82. The van der Waals surface area contributed by atoms with Crippen LogP contribution in [0.25, 0.3) is 0 Å². The standard InChI is InChI=1S/C15H19NOS5/c1-16(2)15(17)22-12-4-10(18-6-13-8-20-13)3-11(5-12)19-7-14-9-21-14/h3-5,13-14H,6-9H2,1-2H3. The van der Waals surface area contributed by atoms with Crippen LogP contribution in [0.5, 0.6) is 0 Å². The summed E-state index contributed by atoms with van der Waals surface area (Å²) in [6.45, 7) is 0. The molecular weight excluding hydrogens is 371 g/mol. The maximum absolute atomic E-state index is 12.0. The minimum Gasteiger partial charge on any atom is -0.339 e. The summed E-state index contributed by atoms with van der Waals surface area (Å²) in [6, 6.07) is 6.62. The summed E-state index contributed by atoms with van der Waals surface area (Å²) in [5, 5.41) is 1.76. The van der Waals surface area contributed by atoms with E-state index in [1.54, 1.807) is 19.0 Å². The zero-order chi connectivity index (χ0) is 15.5. The summed E-state index contributed by atoms with van der Waals surface area (Å²) in [5.74, 6) is 4.98. The zero-order valence-corrected chi connectivity index (χ0v) is 16.7. The van der Waals surface area contributed by atoms with Crippen molar-refractivity contribution in [3.05, 3.63) is 18.2 Å². The maximum atomic E-state index is 12.0. The molecule has 0 radical (unpaired) electrons. The van der Waals surface area contributed by atoms with Crippen molar-refractivity contribution < 1.29 is 4.79 Å². The predicted molar refractivity (Wildman–Crippen MR) is 105 cm³/mol. The van der Waals surface area contributed by atoms with E-state index in [1.165, 1.54) is 44.6 Å². The lowest BCUT2D eigenvalue weighted by Crippen LogP contribution is -2.16. The first kappa shape index (κ1) is 17.3. The van der Waals surface area contributed by atoms with E-state index in [1.807, 2.05) is 47.0 Å². The van der Waals surface area contributed by atoms with Gasteiger partial charge in [-0.15, -0.1) is 23.5 Å². The summed E-state index contributed by atoms with van der Waals surface area (Å²) in [7, 11) is 3.61. The summed E-state index contributed by atoms with van der Waals surface area (Å²) < 4.78 is 0. The lowest BCUT2D eigenvalue weighted by atomic mass is 10.4. The number of benzene rings is 1. The quantitative estimate of drug-likeness (QED) is 0.486. The molecule has 1 amide bonds. The molecule has 7 heteroatoms. The highest BCUT2D eigenvalue weighted by atomic mass is 32.2. The van der Waals surface area contributed by atoms with E-state index in [9.17, 15) is 4.79 Å². The van der Waals surface area contributed by atoms with E-state index in [0.717, 1.165) is 15.4 Å². The van der Waals surface area contributed by atoms with Crippen LogP contribution in [-0.2, 0) is 0 Å². The highest BCUT2D eigenvalue weighted by molar-refractivity contribution is 8.13. The molecule has 2 heterocycles. The average molecular weight is 390 g/mol. The number of carbonyl (C=O) groups is 1. The Bertz CT molecular complexity index is 508. The molecule has 0 spiro atoms. The van der Waals surface area contributed by atoms with Crippen LogP contribution in [0.4, 0.5) is 4.79 Å². The first-order valence-electron chi connectivity index (χ1n) is 7.13. The lowest BCUT2D eigenvalue weighted by molar-refractivity contribution is 0.241. The van der Waals surface area contributed by atoms with Crippen molar-refractivity contribution in [3.63, 3.8) is 0 Å². The van der Waals surface area contributed by atoms with Gasteiger partial charge in [-0.25, -0.2) is 0 Å². The molecule has 0 aromatic heterocycles. The number of nitrogens with zero attached hydrogens (tertiary/aromatic N) is 1. The number of hydrogen-bond donors (Lipinski definition) is 0. The maximum Gasteiger partial charge on any atom is 0.285 e. The van der Waals surface area contributed by atoms with E-state index in [4.69, 9.17) is 0 Å². The van der Waals surface area contributed by atoms with E-state index in [0.29, 0.717) is 0 Å². The molecule has 0 bridgehead atoms. The predicted octanol–water partition coefficient (Wildman–Crippen LogP) is 4.88. The normalized spacial score (nSPS) is 22.5. The molecule has 2 fully saturated rings. The van der Waals surface area contributed by atoms with Gasteiger partial charge in [0.2, 0.25) is 0 Å². The van der Waals surface area contributed by atoms with E-state index >= 15 is 0 Å². The smallest absolute Gasteiger partial charge is 0.285 e. The molecule has 0 saturated carbocycles. The fourth-order valence-corrected chi connectivity index (χ4v) is 6.47. The van der Waals surface area contributed by atoms with Gasteiger partial charge in [0.15, 0.2) is 0 Å². The molecule has 2 nitrogen and oxygen atoms in total. The first-order chi connectivity index (χ1) is 10.6. The van der Waals surface area contributed by atoms with Crippen LogP contribution in [0.2, 0.25) is 0 Å². The molecule has 2 aliphatic rings. The minimum absolute atomic E-state index is 0.0913. The van der Waals surface area contributed by atoms with Crippen molar-refractivity contribution in [1.82, 2.24) is 4.90 Å². The van der Waals surface area contributed by atoms with Crippen LogP contribution in [0.15, 0.2) is 32.9 Å². The highest BCUT2D eigenvalue weighted by Crippen LogP contribution is 2.39. The summed E-state index contributed by atoms with van der Waals surface area (Å²) >= 11 is 9.26. The molecule has 22 heavy (non-hydrogen) atoms. The number of amides is 1. The van der Waals surface area contributed by atoms with Crippen molar-refractivity contribution in [3.8, 4) is 0 Å². The zero-order valence-electron chi connectivity index (χ0n) is 12.6. The second-order valence-corrected chi connectivity index (χ2v) is 11.3. The van der Waals surface area contributed by atoms with E-state index < -0.39 is 0 Å². The van der Waals surface area contributed by atoms with Crippen LogP contribution >= 0.6 is 58.8 Å². The molecule has 0 aliphatic carbocycles. The molecular formula is C15H19NOS5. The Morgan fingerprint density at radius 3 is 1.91 bits per heavy atom. The Morgan fingerprint density at radius 1 is 1.05 bits per heavy atom. The van der Waals surface area contributed by atoms with Gasteiger partial charge in [-0.2, -0.15) is 23.5 Å². The number of rotatable bonds is 7. The van der Waals surface area contributed by atoms with Gasteiger partial charge in [0.25, 0.3) is 5.24 Å². The third-order valence-corrected chi connectivity index (χ3v) is 8.75. The molecule has 2 aliphatic heterocycles. The Labute approximate surface area is 153 Å². The largest absolute Gasteiger partial charge is 0.339 e. The third-order valence-electron chi connectivity index (χ3n) is 3.10. The summed E-state index contributed by atoms with van der Waals surface area (Å²) in [6.07, 6.45) is 0. The Balaban J connectivity index is 1.68. The van der Waals surface area contributed by atoms with Crippen molar-refractivity contribution >= 4 is 64.0 Å². The number of carbonyl (C=O) groups excluding carboxylic acids is 1. The Kier molecular flexibility index (Phi) is 6.29. The number of hydrogen-bond acceptors (Lipinski definition) is 6. The lowest BCUT2D eigenvalue weighted by Gasteiger charge is -2.12. The van der Waals surface area contributed by atoms with Crippen LogP contribution < -0.4 is 0 Å². The van der Waals surface area contributed by atoms with Gasteiger partial charge in [-0.1, -0.05) is 0 Å². The van der Waals surface area contributed by atoms with Crippen LogP contribution in [0.3, 0.4) is 0 Å². The van der Waals surface area contributed by atoms with Gasteiger partial charge < -0.3 is 4.90 Å². The van der Waals surface area contributed by atoms with Gasteiger partial charge in [0.1, 0.15) is 0 Å². The average Bonchev–Trinajstić information content (AvgIpc) is 3.37. The minimum atomic E-state index is 0.0913.